The fourth-order valence-corrected chi connectivity index (χ4v) is 4.14. The van der Waals surface area contributed by atoms with Gasteiger partial charge in [-0.1, -0.05) is 30.3 Å². The third kappa shape index (κ3) is 3.98. The fraction of sp³-hybridized carbons (Fsp3) is 0.650. The number of carbonyl (C=O) groups excluding carboxylic acids is 1. The molecule has 2 saturated heterocycles. The molecule has 4 heteroatoms. The summed E-state index contributed by atoms with van der Waals surface area (Å²) in [6.07, 6.45) is 4.28. The van der Waals surface area contributed by atoms with Crippen LogP contribution in [0.25, 0.3) is 0 Å². The topological polar surface area (TPSA) is 35.6 Å². The van der Waals surface area contributed by atoms with E-state index >= 15 is 0 Å². The van der Waals surface area contributed by atoms with Crippen LogP contribution in [0.5, 0.6) is 0 Å². The normalized spacial score (nSPS) is 26.2. The van der Waals surface area contributed by atoms with E-state index in [0.717, 1.165) is 58.4 Å². The van der Waals surface area contributed by atoms with E-state index < -0.39 is 0 Å². The van der Waals surface area contributed by atoms with Gasteiger partial charge in [0.2, 0.25) is 5.91 Å². The monoisotopic (exact) mass is 329 g/mol. The minimum Gasteiger partial charge on any atom is -0.342 e. The van der Waals surface area contributed by atoms with Crippen molar-refractivity contribution in [1.29, 1.82) is 0 Å². The molecule has 0 bridgehead atoms. The molecule has 2 aliphatic rings. The summed E-state index contributed by atoms with van der Waals surface area (Å²) in [5, 5.41) is 3.39. The molecule has 3 rings (SSSR count). The zero-order valence-corrected chi connectivity index (χ0v) is 15.1. The Balaban J connectivity index is 1.51. The van der Waals surface area contributed by atoms with Gasteiger partial charge in [-0.05, 0) is 44.7 Å². The summed E-state index contributed by atoms with van der Waals surface area (Å²) >= 11 is 0. The van der Waals surface area contributed by atoms with Gasteiger partial charge >= 0.3 is 0 Å². The minimum atomic E-state index is -0.214. The van der Waals surface area contributed by atoms with E-state index in [9.17, 15) is 4.79 Å². The lowest BCUT2D eigenvalue weighted by molar-refractivity contribution is -0.144. The molecule has 0 saturated carbocycles. The van der Waals surface area contributed by atoms with Crippen LogP contribution in [0.2, 0.25) is 0 Å². The highest BCUT2D eigenvalue weighted by atomic mass is 16.2. The smallest absolute Gasteiger partial charge is 0.229 e. The molecule has 2 heterocycles. The quantitative estimate of drug-likeness (QED) is 0.922. The summed E-state index contributed by atoms with van der Waals surface area (Å²) in [6, 6.07) is 11.1. The highest BCUT2D eigenvalue weighted by Crippen LogP contribution is 2.30. The molecule has 0 radical (unpaired) electrons. The molecule has 0 aliphatic carbocycles. The Bertz CT molecular complexity index is 531. The fourth-order valence-electron chi connectivity index (χ4n) is 4.14. The van der Waals surface area contributed by atoms with Gasteiger partial charge < -0.3 is 10.2 Å². The van der Waals surface area contributed by atoms with Crippen molar-refractivity contribution in [2.45, 2.75) is 45.2 Å². The number of piperidine rings is 2. The van der Waals surface area contributed by atoms with Crippen molar-refractivity contribution in [3.63, 3.8) is 0 Å². The van der Waals surface area contributed by atoms with E-state index in [-0.39, 0.29) is 5.41 Å². The minimum absolute atomic E-state index is 0.214. The highest BCUT2D eigenvalue weighted by Gasteiger charge is 2.39. The summed E-state index contributed by atoms with van der Waals surface area (Å²) < 4.78 is 0. The van der Waals surface area contributed by atoms with E-state index in [0.29, 0.717) is 11.9 Å². The number of hydrogen-bond acceptors (Lipinski definition) is 3. The molecule has 1 aromatic carbocycles. The summed E-state index contributed by atoms with van der Waals surface area (Å²) in [7, 11) is 2.01. The Morgan fingerprint density at radius 2 is 2.00 bits per heavy atom. The van der Waals surface area contributed by atoms with E-state index in [1.165, 1.54) is 5.56 Å². The third-order valence-electron chi connectivity index (χ3n) is 5.79. The van der Waals surface area contributed by atoms with Gasteiger partial charge in [-0.25, -0.2) is 0 Å². The molecular weight excluding hydrogens is 298 g/mol. The van der Waals surface area contributed by atoms with E-state index in [1.54, 1.807) is 0 Å². The standard InChI is InChI=1S/C20H31N3O/c1-20(11-6-12-21-16-20)19(24)22(2)18-9-13-23(14-10-18)15-17-7-4-3-5-8-17/h3-5,7-8,18,21H,6,9-16H2,1-2H3. The summed E-state index contributed by atoms with van der Waals surface area (Å²) in [5.41, 5.74) is 1.16. The van der Waals surface area contributed by atoms with Gasteiger partial charge in [0.05, 0.1) is 5.41 Å². The molecule has 1 aromatic rings. The maximum atomic E-state index is 13.0. The van der Waals surface area contributed by atoms with Crippen LogP contribution in [0.3, 0.4) is 0 Å². The van der Waals surface area contributed by atoms with E-state index in [1.807, 2.05) is 11.9 Å². The first-order valence-electron chi connectivity index (χ1n) is 9.33. The molecule has 1 N–H and O–H groups in total. The van der Waals surface area contributed by atoms with Crippen molar-refractivity contribution in [2.24, 2.45) is 5.41 Å². The highest BCUT2D eigenvalue weighted by molar-refractivity contribution is 5.82. The van der Waals surface area contributed by atoms with Crippen LogP contribution in [0.1, 0.15) is 38.2 Å². The summed E-state index contributed by atoms with van der Waals surface area (Å²) in [5.74, 6) is 0.330. The molecular formula is C20H31N3O. The van der Waals surface area contributed by atoms with Crippen LogP contribution in [-0.2, 0) is 11.3 Å². The summed E-state index contributed by atoms with van der Waals surface area (Å²) in [6.45, 7) is 7.17. The average Bonchev–Trinajstić information content (AvgIpc) is 2.63. The Hall–Kier alpha value is -1.39. The Kier molecular flexibility index (Phi) is 5.57. The molecule has 0 aromatic heterocycles. The average molecular weight is 329 g/mol. The number of nitrogens with one attached hydrogen (secondary N) is 1. The maximum absolute atomic E-state index is 13.0. The number of likely N-dealkylation sites (tertiary alicyclic amines) is 1. The van der Waals surface area contributed by atoms with Crippen LogP contribution in [-0.4, -0.2) is 55.0 Å². The van der Waals surface area contributed by atoms with Crippen molar-refractivity contribution in [1.82, 2.24) is 15.1 Å². The zero-order valence-electron chi connectivity index (χ0n) is 15.1. The number of hydrogen-bond donors (Lipinski definition) is 1. The molecule has 1 unspecified atom stereocenters. The first kappa shape index (κ1) is 17.4. The van der Waals surface area contributed by atoms with Crippen LogP contribution in [0.4, 0.5) is 0 Å². The Labute approximate surface area is 146 Å². The second-order valence-corrected chi connectivity index (χ2v) is 7.75. The lowest BCUT2D eigenvalue weighted by Crippen LogP contribution is -2.53. The van der Waals surface area contributed by atoms with Gasteiger partial charge in [-0.15, -0.1) is 0 Å². The van der Waals surface area contributed by atoms with Crippen LogP contribution in [0.15, 0.2) is 30.3 Å². The van der Waals surface area contributed by atoms with Gasteiger partial charge in [0.15, 0.2) is 0 Å². The van der Waals surface area contributed by atoms with Gasteiger partial charge in [-0.3, -0.25) is 9.69 Å². The molecule has 132 valence electrons. The van der Waals surface area contributed by atoms with Crippen molar-refractivity contribution in [3.8, 4) is 0 Å². The van der Waals surface area contributed by atoms with Gasteiger partial charge in [0.25, 0.3) is 0 Å². The molecule has 1 atom stereocenters. The number of carbonyl (C=O) groups is 1. The van der Waals surface area contributed by atoms with Crippen molar-refractivity contribution in [2.75, 3.05) is 33.2 Å². The predicted octanol–water partition coefficient (Wildman–Crippen LogP) is 2.50. The summed E-state index contributed by atoms with van der Waals surface area (Å²) in [4.78, 5) is 17.5. The SMILES string of the molecule is CN(C(=O)C1(C)CCCNC1)C1CCN(Cc2ccccc2)CC1. The molecule has 2 fully saturated rings. The largest absolute Gasteiger partial charge is 0.342 e. The van der Waals surface area contributed by atoms with Crippen molar-refractivity contribution >= 4 is 5.91 Å². The van der Waals surface area contributed by atoms with Crippen LogP contribution in [0, 0.1) is 5.41 Å². The molecule has 24 heavy (non-hydrogen) atoms. The van der Waals surface area contributed by atoms with Gasteiger partial charge in [-0.2, -0.15) is 0 Å². The predicted molar refractivity (Wildman–Crippen MR) is 97.7 cm³/mol. The second kappa shape index (κ2) is 7.66. The van der Waals surface area contributed by atoms with Crippen molar-refractivity contribution < 1.29 is 4.79 Å². The van der Waals surface area contributed by atoms with Gasteiger partial charge in [0, 0.05) is 39.3 Å². The maximum Gasteiger partial charge on any atom is 0.229 e. The number of rotatable bonds is 4. The van der Waals surface area contributed by atoms with Crippen LogP contribution < -0.4 is 5.32 Å². The van der Waals surface area contributed by atoms with E-state index in [4.69, 9.17) is 0 Å². The number of nitrogens with zero attached hydrogens (tertiary/aromatic N) is 2. The van der Waals surface area contributed by atoms with Crippen molar-refractivity contribution in [3.05, 3.63) is 35.9 Å². The molecule has 1 amide bonds. The first-order chi connectivity index (χ1) is 11.6. The number of amides is 1. The number of benzene rings is 1. The van der Waals surface area contributed by atoms with Crippen LogP contribution >= 0.6 is 0 Å². The zero-order chi connectivity index (χ0) is 17.0. The first-order valence-corrected chi connectivity index (χ1v) is 9.33. The molecule has 0 spiro atoms. The Morgan fingerprint density at radius 1 is 1.29 bits per heavy atom. The lowest BCUT2D eigenvalue weighted by atomic mass is 9.81. The second-order valence-electron chi connectivity index (χ2n) is 7.75. The molecule has 2 aliphatic heterocycles. The van der Waals surface area contributed by atoms with Gasteiger partial charge in [0.1, 0.15) is 0 Å². The lowest BCUT2D eigenvalue weighted by Gasteiger charge is -2.42. The third-order valence-corrected chi connectivity index (χ3v) is 5.79. The Morgan fingerprint density at radius 3 is 2.62 bits per heavy atom. The molecule has 4 nitrogen and oxygen atoms in total. The van der Waals surface area contributed by atoms with E-state index in [2.05, 4.69) is 47.5 Å².